The summed E-state index contributed by atoms with van der Waals surface area (Å²) in [5, 5.41) is 27.9. The van der Waals surface area contributed by atoms with E-state index in [1.807, 2.05) is 45.9 Å². The highest BCUT2D eigenvalue weighted by Gasteiger charge is 2.45. The normalized spacial score (nSPS) is 16.7. The van der Waals surface area contributed by atoms with Crippen molar-refractivity contribution in [1.82, 2.24) is 9.47 Å². The molecule has 0 saturated carbocycles. The number of aliphatic hydroxyl groups is 2. The zero-order valence-corrected chi connectivity index (χ0v) is 18.6. The summed E-state index contributed by atoms with van der Waals surface area (Å²) in [6.07, 6.45) is 0.283. The van der Waals surface area contributed by atoms with Crippen LogP contribution in [0.1, 0.15) is 37.4 Å². The first-order valence-corrected chi connectivity index (χ1v) is 11.3. The number of nitriles is 1. The zero-order valence-electron chi connectivity index (χ0n) is 18.6. The number of piperidine rings is 1. The van der Waals surface area contributed by atoms with Crippen molar-refractivity contribution in [1.29, 1.82) is 5.26 Å². The van der Waals surface area contributed by atoms with Gasteiger partial charge in [-0.15, -0.1) is 0 Å². The largest absolute Gasteiger partial charge is 0.491 e. The van der Waals surface area contributed by atoms with Gasteiger partial charge in [-0.05, 0) is 48.5 Å². The van der Waals surface area contributed by atoms with Gasteiger partial charge < -0.3 is 24.6 Å². The number of hydrogen-bond acceptors (Lipinski definition) is 6. The predicted octanol–water partition coefficient (Wildman–Crippen LogP) is 3.10. The molecule has 34 heavy (non-hydrogen) atoms. The van der Waals surface area contributed by atoms with Gasteiger partial charge in [-0.1, -0.05) is 12.1 Å². The average Bonchev–Trinajstić information content (AvgIpc) is 3.33. The maximum Gasteiger partial charge on any atom is 0.253 e. The van der Waals surface area contributed by atoms with E-state index in [1.54, 1.807) is 24.3 Å². The second kappa shape index (κ2) is 8.86. The predicted molar refractivity (Wildman–Crippen MR) is 127 cm³/mol. The molecule has 2 aliphatic heterocycles. The van der Waals surface area contributed by atoms with Gasteiger partial charge in [-0.25, -0.2) is 0 Å². The monoisotopic (exact) mass is 463 g/mol. The number of rotatable bonds is 5. The molecule has 2 N–H and O–H groups in total. The fourth-order valence-corrected chi connectivity index (χ4v) is 4.68. The second-order valence-electron chi connectivity index (χ2n) is 8.58. The van der Waals surface area contributed by atoms with Gasteiger partial charge in [-0.2, -0.15) is 5.26 Å². The van der Waals surface area contributed by atoms with Crippen molar-refractivity contribution in [3.63, 3.8) is 0 Å². The first-order chi connectivity index (χ1) is 16.5. The molecule has 1 saturated heterocycles. The Morgan fingerprint density at radius 3 is 2.59 bits per heavy atom. The Kier molecular flexibility index (Phi) is 5.74. The first kappa shape index (κ1) is 22.0. The molecule has 0 unspecified atom stereocenters. The molecular weight excluding hydrogens is 434 g/mol. The molecule has 8 nitrogen and oxygen atoms in total. The minimum Gasteiger partial charge on any atom is -0.491 e. The lowest BCUT2D eigenvalue weighted by Crippen LogP contribution is -2.50. The number of likely N-dealkylation sites (tertiary alicyclic amines) is 1. The number of para-hydroxylation sites is 2. The van der Waals surface area contributed by atoms with Crippen LogP contribution in [0.5, 0.6) is 11.5 Å². The Hall–Kier alpha value is -3.80. The van der Waals surface area contributed by atoms with Gasteiger partial charge in [0, 0.05) is 34.3 Å². The van der Waals surface area contributed by atoms with Crippen molar-refractivity contribution >= 4 is 5.91 Å². The van der Waals surface area contributed by atoms with Crippen molar-refractivity contribution in [2.75, 3.05) is 26.3 Å². The highest BCUT2D eigenvalue weighted by Crippen LogP contribution is 2.45. The summed E-state index contributed by atoms with van der Waals surface area (Å²) in [6.45, 7) is 0.658. The summed E-state index contributed by atoms with van der Waals surface area (Å²) >= 11 is 0. The van der Waals surface area contributed by atoms with Gasteiger partial charge in [0.15, 0.2) is 5.60 Å². The zero-order chi connectivity index (χ0) is 23.7. The molecule has 178 valence electrons. The molecule has 0 aliphatic carbocycles. The molecule has 2 aliphatic rings. The van der Waals surface area contributed by atoms with E-state index >= 15 is 0 Å². The molecule has 3 heterocycles. The minimum absolute atomic E-state index is 0. The number of carbonyl (C=O) groups excluding carboxylic acids is 1. The standard InChI is InChI=1S/C26H25N3O5.2H2/c27-15-19-7-10-24-26(34-23-4-2-1-3-22(23)29(19)24)11-13-28(14-12-26)25(32)18-5-8-21(9-6-18)33-17-20(31)16-30;;/h1-10,20,30-31H,11-14,16-17H2;2*1H/t20-;;/m0../s1. The van der Waals surface area contributed by atoms with Gasteiger partial charge in [-0.3, -0.25) is 9.36 Å². The van der Waals surface area contributed by atoms with E-state index < -0.39 is 11.7 Å². The van der Waals surface area contributed by atoms with Gasteiger partial charge >= 0.3 is 0 Å². The molecule has 0 bridgehead atoms. The number of fused-ring (bicyclic) bond motifs is 4. The molecule has 5 rings (SSSR count). The smallest absolute Gasteiger partial charge is 0.253 e. The van der Waals surface area contributed by atoms with Crippen LogP contribution in [0.4, 0.5) is 0 Å². The second-order valence-corrected chi connectivity index (χ2v) is 8.58. The molecule has 0 radical (unpaired) electrons. The van der Waals surface area contributed by atoms with Crippen molar-refractivity contribution in [2.45, 2.75) is 24.5 Å². The highest BCUT2D eigenvalue weighted by molar-refractivity contribution is 5.94. The lowest BCUT2D eigenvalue weighted by Gasteiger charge is -2.45. The molecule has 1 spiro atoms. The van der Waals surface area contributed by atoms with Gasteiger partial charge in [0.1, 0.15) is 36.0 Å². The van der Waals surface area contributed by atoms with Crippen molar-refractivity contribution in [2.24, 2.45) is 0 Å². The highest BCUT2D eigenvalue weighted by atomic mass is 16.5. The summed E-state index contributed by atoms with van der Waals surface area (Å²) in [5.74, 6) is 1.19. The summed E-state index contributed by atoms with van der Waals surface area (Å²) in [7, 11) is 0. The molecular formula is C26H29N3O5. The third-order valence-electron chi connectivity index (χ3n) is 6.49. The van der Waals surface area contributed by atoms with E-state index in [-0.39, 0.29) is 22.0 Å². The molecule has 1 aromatic heterocycles. The number of ether oxygens (including phenoxy) is 2. The summed E-state index contributed by atoms with van der Waals surface area (Å²) in [5.41, 5.74) is 2.33. The van der Waals surface area contributed by atoms with Crippen LogP contribution in [0.25, 0.3) is 5.69 Å². The molecule has 1 amide bonds. The van der Waals surface area contributed by atoms with E-state index in [9.17, 15) is 15.2 Å². The van der Waals surface area contributed by atoms with Gasteiger partial charge in [0.2, 0.25) is 0 Å². The summed E-state index contributed by atoms with van der Waals surface area (Å²) in [6, 6.07) is 20.5. The van der Waals surface area contributed by atoms with Crippen molar-refractivity contribution < 1.29 is 27.3 Å². The number of amides is 1. The maximum absolute atomic E-state index is 13.1. The maximum atomic E-state index is 13.1. The molecule has 2 aromatic carbocycles. The van der Waals surface area contributed by atoms with Crippen molar-refractivity contribution in [3.8, 4) is 23.3 Å². The van der Waals surface area contributed by atoms with Crippen LogP contribution >= 0.6 is 0 Å². The lowest BCUT2D eigenvalue weighted by atomic mass is 9.86. The van der Waals surface area contributed by atoms with Crippen LogP contribution in [-0.4, -0.2) is 58.0 Å². The summed E-state index contributed by atoms with van der Waals surface area (Å²) < 4.78 is 13.9. The van der Waals surface area contributed by atoms with Crippen LogP contribution in [-0.2, 0) is 5.60 Å². The van der Waals surface area contributed by atoms with E-state index in [4.69, 9.17) is 14.6 Å². The lowest BCUT2D eigenvalue weighted by molar-refractivity contribution is -0.00937. The van der Waals surface area contributed by atoms with E-state index in [2.05, 4.69) is 6.07 Å². The van der Waals surface area contributed by atoms with Crippen LogP contribution in [0.15, 0.2) is 60.7 Å². The minimum atomic E-state index is -0.943. The molecule has 8 heteroatoms. The first-order valence-electron chi connectivity index (χ1n) is 11.3. The number of carbonyl (C=O) groups is 1. The number of hydrogen-bond donors (Lipinski definition) is 2. The summed E-state index contributed by atoms with van der Waals surface area (Å²) in [4.78, 5) is 14.9. The fourth-order valence-electron chi connectivity index (χ4n) is 4.68. The van der Waals surface area contributed by atoms with Gasteiger partial charge in [0.25, 0.3) is 5.91 Å². The van der Waals surface area contributed by atoms with Crippen LogP contribution in [0.2, 0.25) is 0 Å². The Bertz CT molecular complexity index is 1250. The molecule has 3 aromatic rings. The third kappa shape index (κ3) is 3.79. The van der Waals surface area contributed by atoms with E-state index in [0.717, 1.165) is 17.1 Å². The topological polar surface area (TPSA) is 108 Å². The Balaban J connectivity index is 0.00000180. The van der Waals surface area contributed by atoms with Crippen LogP contribution < -0.4 is 9.47 Å². The Morgan fingerprint density at radius 1 is 1.15 bits per heavy atom. The number of aliphatic hydroxyl groups excluding tert-OH is 2. The quantitative estimate of drug-likeness (QED) is 0.602. The molecule has 1 fully saturated rings. The number of nitrogens with zero attached hydrogens (tertiary/aromatic N) is 3. The Morgan fingerprint density at radius 2 is 1.88 bits per heavy atom. The van der Waals surface area contributed by atoms with Crippen molar-refractivity contribution in [3.05, 3.63) is 77.6 Å². The SMILES string of the molecule is N#Cc1ccc2n1-c1ccccc1OC21CCN(C(=O)c2ccc(OC[C@@H](O)CO)cc2)CC1.[HH].[HH]. The van der Waals surface area contributed by atoms with E-state index in [1.165, 1.54) is 0 Å². The van der Waals surface area contributed by atoms with Crippen LogP contribution in [0.3, 0.4) is 0 Å². The third-order valence-corrected chi connectivity index (χ3v) is 6.49. The Labute approximate surface area is 200 Å². The fraction of sp³-hybridized carbons (Fsp3) is 0.308. The van der Waals surface area contributed by atoms with Crippen LogP contribution in [0, 0.1) is 11.3 Å². The van der Waals surface area contributed by atoms with Gasteiger partial charge in [0.05, 0.1) is 18.0 Å². The number of benzene rings is 2. The molecule has 1 atom stereocenters. The van der Waals surface area contributed by atoms with E-state index in [0.29, 0.717) is 42.9 Å². The average molecular weight is 464 g/mol. The number of aromatic nitrogens is 1.